The zero-order chi connectivity index (χ0) is 20.5. The van der Waals surface area contributed by atoms with Crippen molar-refractivity contribution in [3.63, 3.8) is 0 Å². The van der Waals surface area contributed by atoms with E-state index in [9.17, 15) is 9.59 Å². The van der Waals surface area contributed by atoms with Crippen LogP contribution in [0.3, 0.4) is 0 Å². The van der Waals surface area contributed by atoms with Crippen LogP contribution in [-0.2, 0) is 4.79 Å². The molecule has 1 unspecified atom stereocenters. The average molecular weight is 405 g/mol. The number of benzene rings is 2. The van der Waals surface area contributed by atoms with E-state index in [1.807, 2.05) is 19.1 Å². The van der Waals surface area contributed by atoms with Crippen LogP contribution in [0.4, 0.5) is 0 Å². The minimum absolute atomic E-state index is 0.0990. The molecule has 0 spiro atoms. The van der Waals surface area contributed by atoms with Crippen molar-refractivity contribution >= 4 is 23.4 Å². The molecule has 1 atom stereocenters. The van der Waals surface area contributed by atoms with Gasteiger partial charge in [-0.15, -0.1) is 0 Å². The highest BCUT2D eigenvalue weighted by Crippen LogP contribution is 2.29. The van der Waals surface area contributed by atoms with Crippen LogP contribution in [0.1, 0.15) is 41.7 Å². The molecule has 7 heteroatoms. The lowest BCUT2D eigenvalue weighted by Crippen LogP contribution is -2.29. The molecule has 150 valence electrons. The highest BCUT2D eigenvalue weighted by atomic mass is 35.5. The molecule has 2 aromatic rings. The SMILES string of the molecule is COc1ccc(OC)c(C(C)NC(=O)CCCNC(=O)c2ccc(Cl)cc2)c1. The molecule has 0 aliphatic carbocycles. The maximum atomic E-state index is 12.2. The molecule has 0 bridgehead atoms. The highest BCUT2D eigenvalue weighted by Gasteiger charge is 2.15. The summed E-state index contributed by atoms with van der Waals surface area (Å²) in [4.78, 5) is 24.2. The van der Waals surface area contributed by atoms with Gasteiger partial charge in [0.25, 0.3) is 5.91 Å². The fraction of sp³-hybridized carbons (Fsp3) is 0.333. The molecule has 0 heterocycles. The van der Waals surface area contributed by atoms with E-state index in [-0.39, 0.29) is 17.9 Å². The number of methoxy groups -OCH3 is 2. The van der Waals surface area contributed by atoms with Gasteiger partial charge in [-0.1, -0.05) is 11.6 Å². The molecule has 0 aliphatic rings. The molecule has 0 fully saturated rings. The summed E-state index contributed by atoms with van der Waals surface area (Å²) in [6, 6.07) is 11.9. The van der Waals surface area contributed by atoms with E-state index in [1.54, 1.807) is 44.6 Å². The number of carbonyl (C=O) groups excluding carboxylic acids is 2. The number of nitrogens with one attached hydrogen (secondary N) is 2. The standard InChI is InChI=1S/C21H25ClN2O4/c1-14(18-13-17(27-2)10-11-19(18)28-3)24-20(25)5-4-12-23-21(26)15-6-8-16(22)9-7-15/h6-11,13-14H,4-5,12H2,1-3H3,(H,23,26)(H,24,25). The van der Waals surface area contributed by atoms with Crippen molar-refractivity contribution in [1.82, 2.24) is 10.6 Å². The summed E-state index contributed by atoms with van der Waals surface area (Å²) in [7, 11) is 3.18. The summed E-state index contributed by atoms with van der Waals surface area (Å²) in [5.74, 6) is 1.09. The summed E-state index contributed by atoms with van der Waals surface area (Å²) in [5, 5.41) is 6.32. The Morgan fingerprint density at radius 1 is 1.07 bits per heavy atom. The second-order valence-electron chi connectivity index (χ2n) is 6.26. The van der Waals surface area contributed by atoms with Gasteiger partial charge in [-0.3, -0.25) is 9.59 Å². The van der Waals surface area contributed by atoms with E-state index >= 15 is 0 Å². The van der Waals surface area contributed by atoms with Crippen LogP contribution in [0.2, 0.25) is 5.02 Å². The molecule has 0 radical (unpaired) electrons. The first-order valence-electron chi connectivity index (χ1n) is 8.99. The van der Waals surface area contributed by atoms with Crippen LogP contribution in [0.25, 0.3) is 0 Å². The van der Waals surface area contributed by atoms with E-state index in [1.165, 1.54) is 0 Å². The lowest BCUT2D eigenvalue weighted by Gasteiger charge is -2.18. The monoisotopic (exact) mass is 404 g/mol. The van der Waals surface area contributed by atoms with E-state index in [0.717, 1.165) is 5.56 Å². The molecule has 0 saturated heterocycles. The van der Waals surface area contributed by atoms with Gasteiger partial charge in [0, 0.05) is 29.1 Å². The van der Waals surface area contributed by atoms with E-state index in [0.29, 0.717) is 41.5 Å². The van der Waals surface area contributed by atoms with Crippen molar-refractivity contribution in [1.29, 1.82) is 0 Å². The fourth-order valence-corrected chi connectivity index (χ4v) is 2.85. The predicted octanol–water partition coefficient (Wildman–Crippen LogP) is 3.74. The smallest absolute Gasteiger partial charge is 0.251 e. The van der Waals surface area contributed by atoms with Crippen LogP contribution in [0, 0.1) is 0 Å². The Labute approximate surface area is 170 Å². The second-order valence-corrected chi connectivity index (χ2v) is 6.70. The second kappa shape index (κ2) is 10.6. The molecule has 2 rings (SSSR count). The zero-order valence-electron chi connectivity index (χ0n) is 16.3. The van der Waals surface area contributed by atoms with Gasteiger partial charge < -0.3 is 20.1 Å². The summed E-state index contributed by atoms with van der Waals surface area (Å²) < 4.78 is 10.6. The molecule has 2 amide bonds. The number of amides is 2. The van der Waals surface area contributed by atoms with Crippen molar-refractivity contribution in [3.8, 4) is 11.5 Å². The van der Waals surface area contributed by atoms with Crippen molar-refractivity contribution in [2.24, 2.45) is 0 Å². The number of hydrogen-bond acceptors (Lipinski definition) is 4. The number of carbonyl (C=O) groups is 2. The minimum Gasteiger partial charge on any atom is -0.497 e. The predicted molar refractivity (Wildman–Crippen MR) is 109 cm³/mol. The van der Waals surface area contributed by atoms with Crippen LogP contribution >= 0.6 is 11.6 Å². The van der Waals surface area contributed by atoms with Gasteiger partial charge in [0.05, 0.1) is 20.3 Å². The zero-order valence-corrected chi connectivity index (χ0v) is 17.0. The maximum absolute atomic E-state index is 12.2. The van der Waals surface area contributed by atoms with Crippen molar-refractivity contribution < 1.29 is 19.1 Å². The van der Waals surface area contributed by atoms with Crippen molar-refractivity contribution in [2.75, 3.05) is 20.8 Å². The molecule has 2 N–H and O–H groups in total. The van der Waals surface area contributed by atoms with Crippen molar-refractivity contribution in [3.05, 3.63) is 58.6 Å². The van der Waals surface area contributed by atoms with Gasteiger partial charge >= 0.3 is 0 Å². The Kier molecular flexibility index (Phi) is 8.14. The summed E-state index contributed by atoms with van der Waals surface area (Å²) in [5.41, 5.74) is 1.37. The maximum Gasteiger partial charge on any atom is 0.251 e. The minimum atomic E-state index is -0.235. The molecular formula is C21H25ClN2O4. The lowest BCUT2D eigenvalue weighted by atomic mass is 10.1. The fourth-order valence-electron chi connectivity index (χ4n) is 2.72. The number of hydrogen-bond donors (Lipinski definition) is 2. The first-order valence-corrected chi connectivity index (χ1v) is 9.37. The van der Waals surface area contributed by atoms with E-state index < -0.39 is 0 Å². The summed E-state index contributed by atoms with van der Waals surface area (Å²) >= 11 is 5.81. The van der Waals surface area contributed by atoms with Gasteiger partial charge in [-0.25, -0.2) is 0 Å². The number of rotatable bonds is 9. The third-order valence-electron chi connectivity index (χ3n) is 4.25. The Morgan fingerprint density at radius 3 is 2.43 bits per heavy atom. The van der Waals surface area contributed by atoms with E-state index in [2.05, 4.69) is 10.6 Å². The van der Waals surface area contributed by atoms with Crippen LogP contribution in [0.5, 0.6) is 11.5 Å². The van der Waals surface area contributed by atoms with Gasteiger partial charge in [0.2, 0.25) is 5.91 Å². The van der Waals surface area contributed by atoms with E-state index in [4.69, 9.17) is 21.1 Å². The first kappa shape index (κ1) is 21.6. The third-order valence-corrected chi connectivity index (χ3v) is 4.51. The topological polar surface area (TPSA) is 76.7 Å². The third kappa shape index (κ3) is 6.16. The Balaban J connectivity index is 1.79. The first-order chi connectivity index (χ1) is 13.4. The van der Waals surface area contributed by atoms with Gasteiger partial charge in [-0.05, 0) is 55.8 Å². The van der Waals surface area contributed by atoms with Gasteiger partial charge in [0.15, 0.2) is 0 Å². The molecule has 0 aliphatic heterocycles. The number of halogens is 1. The van der Waals surface area contributed by atoms with Crippen LogP contribution < -0.4 is 20.1 Å². The number of ether oxygens (including phenoxy) is 2. The van der Waals surface area contributed by atoms with Crippen molar-refractivity contribution in [2.45, 2.75) is 25.8 Å². The molecule has 28 heavy (non-hydrogen) atoms. The summed E-state index contributed by atoms with van der Waals surface area (Å²) in [6.45, 7) is 2.29. The van der Waals surface area contributed by atoms with Crippen LogP contribution in [-0.4, -0.2) is 32.6 Å². The largest absolute Gasteiger partial charge is 0.497 e. The van der Waals surface area contributed by atoms with Crippen LogP contribution in [0.15, 0.2) is 42.5 Å². The average Bonchev–Trinajstić information content (AvgIpc) is 2.70. The molecule has 0 saturated carbocycles. The molecular weight excluding hydrogens is 380 g/mol. The molecule has 0 aromatic heterocycles. The highest BCUT2D eigenvalue weighted by molar-refractivity contribution is 6.30. The lowest BCUT2D eigenvalue weighted by molar-refractivity contribution is -0.121. The molecule has 2 aromatic carbocycles. The van der Waals surface area contributed by atoms with Gasteiger partial charge in [-0.2, -0.15) is 0 Å². The quantitative estimate of drug-likeness (QED) is 0.624. The summed E-state index contributed by atoms with van der Waals surface area (Å²) in [6.07, 6.45) is 0.838. The Bertz CT molecular complexity index is 809. The van der Waals surface area contributed by atoms with Gasteiger partial charge in [0.1, 0.15) is 11.5 Å². The normalized spacial score (nSPS) is 11.4. The Hall–Kier alpha value is -2.73. The Morgan fingerprint density at radius 2 is 1.79 bits per heavy atom. The molecule has 6 nitrogen and oxygen atoms in total.